The monoisotopic (exact) mass is 791 g/mol. The van der Waals surface area contributed by atoms with Gasteiger partial charge in [-0.2, -0.15) is 4.58 Å². The van der Waals surface area contributed by atoms with E-state index >= 15 is 0 Å². The van der Waals surface area contributed by atoms with Crippen LogP contribution in [0.5, 0.6) is 0 Å². The zero-order valence-electron chi connectivity index (χ0n) is 31.7. The molecule has 3 aliphatic rings. The van der Waals surface area contributed by atoms with Gasteiger partial charge in [-0.05, 0) is 123 Å². The Kier molecular flexibility index (Phi) is 13.6. The third-order valence-electron chi connectivity index (χ3n) is 10.5. The summed E-state index contributed by atoms with van der Waals surface area (Å²) in [5.74, 6) is 0. The zero-order chi connectivity index (χ0) is 37.1. The number of likely N-dealkylation sites (N-methyl/N-ethyl adjacent to an activating group) is 1. The third-order valence-corrected chi connectivity index (χ3v) is 12.4. The molecule has 0 fully saturated rings. The van der Waals surface area contributed by atoms with Crippen LogP contribution in [0.25, 0.3) is 5.57 Å². The van der Waals surface area contributed by atoms with Gasteiger partial charge in [0.15, 0.2) is 5.71 Å². The number of hydrogen-bond acceptors (Lipinski definition) is 7. The van der Waals surface area contributed by atoms with Crippen molar-refractivity contribution in [2.24, 2.45) is 0 Å². The topological polar surface area (TPSA) is 121 Å². The van der Waals surface area contributed by atoms with Crippen LogP contribution in [-0.4, -0.2) is 49.3 Å². The van der Waals surface area contributed by atoms with Crippen LogP contribution in [0, 0.1) is 0 Å². The predicted octanol–water partition coefficient (Wildman–Crippen LogP) is 2.37. The Balaban J connectivity index is 0.00000314. The summed E-state index contributed by atoms with van der Waals surface area (Å²) in [6, 6.07) is 17.1. The Morgan fingerprint density at radius 1 is 0.792 bits per heavy atom. The van der Waals surface area contributed by atoms with E-state index < -0.39 is 31.1 Å². The van der Waals surface area contributed by atoms with Crippen molar-refractivity contribution in [3.63, 3.8) is 0 Å². The number of allylic oxidation sites excluding steroid dienone is 8. The van der Waals surface area contributed by atoms with E-state index in [1.165, 1.54) is 24.3 Å². The van der Waals surface area contributed by atoms with Crippen molar-refractivity contribution in [1.29, 1.82) is 0 Å². The fourth-order valence-corrected chi connectivity index (χ4v) is 9.03. The molecule has 53 heavy (non-hydrogen) atoms. The van der Waals surface area contributed by atoms with E-state index in [0.717, 1.165) is 75.5 Å². The molecular weight excluding hydrogens is 750 g/mol. The van der Waals surface area contributed by atoms with Crippen LogP contribution < -0.4 is 64.0 Å². The standard InChI is InChI=1S/C40H43ClN2O6S2.2Na/c1-7-42-34-20-18-30(50(44,45)46)24-32(34)39(3,4)36(42)22-14-26-10-9-11-27(38(26)28-12-16-29(41)17-13-28)15-23-37-40(5,6)33-25-31(51(47,48)49)19-21-35(33)43(37)8-2;;/h12-25H,7-11H2,1-6H3,(H-,44,45,46,47,48,49);;/q;2*+1/p-1. The van der Waals surface area contributed by atoms with Crippen molar-refractivity contribution >= 4 is 54.5 Å². The normalized spacial score (nSPS) is 19.5. The van der Waals surface area contributed by atoms with Crippen LogP contribution in [0.4, 0.5) is 11.4 Å². The average Bonchev–Trinajstić information content (AvgIpc) is 3.43. The van der Waals surface area contributed by atoms with Crippen molar-refractivity contribution in [1.82, 2.24) is 0 Å². The summed E-state index contributed by atoms with van der Waals surface area (Å²) >= 11 is 6.33. The van der Waals surface area contributed by atoms with Crippen molar-refractivity contribution in [3.05, 3.63) is 124 Å². The van der Waals surface area contributed by atoms with Gasteiger partial charge in [0.25, 0.3) is 0 Å². The smallest absolute Gasteiger partial charge is 0.744 e. The molecule has 0 aromatic heterocycles. The minimum absolute atomic E-state index is 0. The Morgan fingerprint density at radius 3 is 1.98 bits per heavy atom. The van der Waals surface area contributed by atoms with Gasteiger partial charge in [0, 0.05) is 46.1 Å². The van der Waals surface area contributed by atoms with Gasteiger partial charge in [-0.25, -0.2) is 16.8 Å². The van der Waals surface area contributed by atoms with Gasteiger partial charge >= 0.3 is 59.1 Å². The van der Waals surface area contributed by atoms with E-state index in [-0.39, 0.29) is 68.9 Å². The zero-order valence-corrected chi connectivity index (χ0v) is 38.0. The molecule has 2 aliphatic heterocycles. The quantitative estimate of drug-likeness (QED) is 0.195. The van der Waals surface area contributed by atoms with Crippen LogP contribution >= 0.6 is 11.6 Å². The molecule has 0 spiro atoms. The van der Waals surface area contributed by atoms with Crippen molar-refractivity contribution in [3.8, 4) is 0 Å². The Hall–Kier alpha value is -1.80. The van der Waals surface area contributed by atoms with Gasteiger partial charge in [0.2, 0.25) is 5.69 Å². The maximum absolute atomic E-state index is 11.9. The van der Waals surface area contributed by atoms with Crippen molar-refractivity contribution in [2.75, 3.05) is 18.0 Å². The molecule has 2 heterocycles. The van der Waals surface area contributed by atoms with Crippen LogP contribution in [0.1, 0.15) is 77.5 Å². The average molecular weight is 792 g/mol. The second kappa shape index (κ2) is 16.4. The molecule has 0 unspecified atom stereocenters. The minimum atomic E-state index is -4.60. The SMILES string of the molecule is CCN1C(=CC=C2CCCC(C=CC3=[N+](CC)c4ccc(S(=O)(=O)[O-])cc4C3(C)C)=C2c2ccc(Cl)cc2)C(C)(C)c2cc(S(=O)(=O)[O-])ccc21.[Na+].[Na+]. The molecule has 0 amide bonds. The molecule has 0 saturated heterocycles. The fraction of sp³-hybridized carbons (Fsp3) is 0.325. The first-order valence-electron chi connectivity index (χ1n) is 17.1. The van der Waals surface area contributed by atoms with Gasteiger partial charge in [0.05, 0.1) is 15.2 Å². The van der Waals surface area contributed by atoms with Gasteiger partial charge < -0.3 is 14.0 Å². The molecular formula is C40H42ClN2Na2O6S2+. The fourth-order valence-electron chi connectivity index (χ4n) is 7.91. The number of fused-ring (bicyclic) bond motifs is 2. The first-order chi connectivity index (χ1) is 23.9. The number of hydrogen-bond donors (Lipinski definition) is 0. The summed E-state index contributed by atoms with van der Waals surface area (Å²) in [5, 5.41) is 0.641. The molecule has 3 aromatic rings. The maximum Gasteiger partial charge on any atom is 1.00 e. The second-order valence-electron chi connectivity index (χ2n) is 14.2. The molecule has 6 rings (SSSR count). The van der Waals surface area contributed by atoms with Crippen LogP contribution in [0.15, 0.2) is 112 Å². The molecule has 0 saturated carbocycles. The Morgan fingerprint density at radius 2 is 1.40 bits per heavy atom. The van der Waals surface area contributed by atoms with Crippen molar-refractivity contribution < 1.29 is 89.6 Å². The van der Waals surface area contributed by atoms with E-state index in [1.807, 2.05) is 65.8 Å². The van der Waals surface area contributed by atoms with E-state index in [1.54, 1.807) is 12.1 Å². The summed E-state index contributed by atoms with van der Waals surface area (Å²) in [6.07, 6.45) is 11.2. The number of benzene rings is 3. The van der Waals surface area contributed by atoms with Gasteiger partial charge in [0.1, 0.15) is 26.8 Å². The van der Waals surface area contributed by atoms with Crippen LogP contribution in [0.3, 0.4) is 0 Å². The summed E-state index contributed by atoms with van der Waals surface area (Å²) in [5.41, 5.74) is 8.71. The maximum atomic E-state index is 11.9. The number of anilines is 1. The van der Waals surface area contributed by atoms with Crippen LogP contribution in [-0.2, 0) is 31.1 Å². The molecule has 0 radical (unpaired) electrons. The number of nitrogens with zero attached hydrogens (tertiary/aromatic N) is 2. The van der Waals surface area contributed by atoms with E-state index in [0.29, 0.717) is 18.1 Å². The largest absolute Gasteiger partial charge is 1.00 e. The molecule has 0 N–H and O–H groups in total. The summed E-state index contributed by atoms with van der Waals surface area (Å²) < 4.78 is 73.5. The molecule has 0 atom stereocenters. The molecule has 0 bridgehead atoms. The molecule has 13 heteroatoms. The van der Waals surface area contributed by atoms with Crippen molar-refractivity contribution in [2.45, 2.75) is 81.4 Å². The van der Waals surface area contributed by atoms with E-state index in [4.69, 9.17) is 11.6 Å². The first-order valence-corrected chi connectivity index (χ1v) is 20.3. The van der Waals surface area contributed by atoms with Gasteiger partial charge in [-0.1, -0.05) is 49.7 Å². The molecule has 8 nitrogen and oxygen atoms in total. The number of halogens is 1. The van der Waals surface area contributed by atoms with Gasteiger partial charge in [-0.3, -0.25) is 0 Å². The van der Waals surface area contributed by atoms with E-state index in [2.05, 4.69) is 33.8 Å². The Labute approximate surface area is 363 Å². The second-order valence-corrected chi connectivity index (χ2v) is 17.4. The summed E-state index contributed by atoms with van der Waals surface area (Å²) in [7, 11) is -9.21. The van der Waals surface area contributed by atoms with E-state index in [9.17, 15) is 25.9 Å². The first kappa shape index (κ1) is 43.9. The molecule has 268 valence electrons. The molecule has 1 aliphatic carbocycles. The summed E-state index contributed by atoms with van der Waals surface area (Å²) in [6.45, 7) is 13.6. The third kappa shape index (κ3) is 8.35. The summed E-state index contributed by atoms with van der Waals surface area (Å²) in [4.78, 5) is 1.71. The molecule has 3 aromatic carbocycles. The minimum Gasteiger partial charge on any atom is -0.744 e. The predicted molar refractivity (Wildman–Crippen MR) is 201 cm³/mol. The van der Waals surface area contributed by atoms with Gasteiger partial charge in [-0.15, -0.1) is 0 Å². The van der Waals surface area contributed by atoms with Crippen LogP contribution in [0.2, 0.25) is 5.02 Å². The number of rotatable bonds is 8. The Bertz CT molecular complexity index is 2330.